The van der Waals surface area contributed by atoms with Crippen molar-refractivity contribution in [1.82, 2.24) is 0 Å². The van der Waals surface area contributed by atoms with Crippen LogP contribution in [0, 0.1) is 28.6 Å². The first-order chi connectivity index (χ1) is 11.6. The summed E-state index contributed by atoms with van der Waals surface area (Å²) < 4.78 is 0. The summed E-state index contributed by atoms with van der Waals surface area (Å²) in [7, 11) is 0. The van der Waals surface area contributed by atoms with Crippen LogP contribution in [0.15, 0.2) is 59.8 Å². The molecule has 3 nitrogen and oxygen atoms in total. The topological polar surface area (TPSA) is 45.4 Å². The van der Waals surface area contributed by atoms with Gasteiger partial charge in [0.2, 0.25) is 0 Å². The van der Waals surface area contributed by atoms with E-state index >= 15 is 0 Å². The minimum atomic E-state index is -0.194. The molecule has 3 rings (SSSR count). The molecule has 0 amide bonds. The Labute approximate surface area is 142 Å². The van der Waals surface area contributed by atoms with E-state index in [1.54, 1.807) is 12.1 Å². The fourth-order valence-electron chi connectivity index (χ4n) is 2.71. The van der Waals surface area contributed by atoms with Crippen LogP contribution in [0.1, 0.15) is 37.0 Å². The van der Waals surface area contributed by atoms with Gasteiger partial charge in [0, 0.05) is 5.56 Å². The van der Waals surface area contributed by atoms with Crippen LogP contribution in [0.4, 0.5) is 0 Å². The van der Waals surface area contributed by atoms with Crippen LogP contribution >= 0.6 is 0 Å². The summed E-state index contributed by atoms with van der Waals surface area (Å²) >= 11 is 0. The molecule has 1 unspecified atom stereocenters. The van der Waals surface area contributed by atoms with Gasteiger partial charge >= 0.3 is 0 Å². The van der Waals surface area contributed by atoms with Gasteiger partial charge in [-0.15, -0.1) is 0 Å². The van der Waals surface area contributed by atoms with Crippen LogP contribution in [0.25, 0.3) is 0 Å². The summed E-state index contributed by atoms with van der Waals surface area (Å²) in [6.07, 6.45) is 0.533. The zero-order valence-electron chi connectivity index (χ0n) is 13.8. The van der Waals surface area contributed by atoms with Gasteiger partial charge < -0.3 is 4.84 Å². The van der Waals surface area contributed by atoms with Gasteiger partial charge in [0.15, 0.2) is 0 Å². The van der Waals surface area contributed by atoms with Crippen LogP contribution < -0.4 is 0 Å². The molecule has 0 radical (unpaired) electrons. The maximum Gasteiger partial charge on any atom is 0.149 e. The van der Waals surface area contributed by atoms with Crippen molar-refractivity contribution in [3.8, 4) is 17.9 Å². The summed E-state index contributed by atoms with van der Waals surface area (Å²) in [5.41, 5.74) is 3.40. The first-order valence-electron chi connectivity index (χ1n) is 7.90. The summed E-state index contributed by atoms with van der Waals surface area (Å²) in [5, 5.41) is 13.1. The lowest BCUT2D eigenvalue weighted by molar-refractivity contribution is 0.0407. The largest absolute Gasteiger partial charge is 0.390 e. The van der Waals surface area contributed by atoms with E-state index in [0.717, 1.165) is 16.8 Å². The van der Waals surface area contributed by atoms with E-state index in [2.05, 4.69) is 49.0 Å². The van der Waals surface area contributed by atoms with Crippen molar-refractivity contribution < 1.29 is 4.84 Å². The van der Waals surface area contributed by atoms with Gasteiger partial charge in [-0.2, -0.15) is 5.26 Å². The summed E-state index contributed by atoms with van der Waals surface area (Å²) in [5.74, 6) is 6.30. The number of hydrogen-bond acceptors (Lipinski definition) is 3. The van der Waals surface area contributed by atoms with E-state index in [4.69, 9.17) is 10.1 Å². The number of nitriles is 1. The summed E-state index contributed by atoms with van der Waals surface area (Å²) in [4.78, 5) is 5.65. The second kappa shape index (κ2) is 6.60. The van der Waals surface area contributed by atoms with Crippen molar-refractivity contribution in [1.29, 1.82) is 5.26 Å². The molecule has 118 valence electrons. The number of rotatable bonds is 2. The third-order valence-corrected chi connectivity index (χ3v) is 4.27. The third-order valence-electron chi connectivity index (χ3n) is 4.27. The molecule has 1 heterocycles. The van der Waals surface area contributed by atoms with Crippen LogP contribution in [0.2, 0.25) is 0 Å². The van der Waals surface area contributed by atoms with Gasteiger partial charge in [-0.05, 0) is 29.8 Å². The molecule has 3 heteroatoms. The van der Waals surface area contributed by atoms with Crippen molar-refractivity contribution in [2.24, 2.45) is 10.6 Å². The fourth-order valence-corrected chi connectivity index (χ4v) is 2.71. The molecule has 2 aromatic rings. The quantitative estimate of drug-likeness (QED) is 0.782. The highest BCUT2D eigenvalue weighted by Gasteiger charge is 2.42. The van der Waals surface area contributed by atoms with Crippen LogP contribution in [-0.4, -0.2) is 11.8 Å². The molecule has 0 fully saturated rings. The molecule has 1 aliphatic heterocycles. The number of benzene rings is 2. The Morgan fingerprint density at radius 3 is 2.38 bits per heavy atom. The number of oxime groups is 1. The maximum atomic E-state index is 8.81. The number of hydrogen-bond donors (Lipinski definition) is 0. The molecule has 0 saturated heterocycles. The average molecular weight is 314 g/mol. The molecule has 0 spiro atoms. The van der Waals surface area contributed by atoms with E-state index in [9.17, 15) is 0 Å². The average Bonchev–Trinajstić information content (AvgIpc) is 2.91. The van der Waals surface area contributed by atoms with E-state index in [1.807, 2.05) is 30.3 Å². The van der Waals surface area contributed by atoms with Crippen molar-refractivity contribution in [3.05, 3.63) is 71.3 Å². The third kappa shape index (κ3) is 3.16. The molecule has 0 aromatic heterocycles. The van der Waals surface area contributed by atoms with Gasteiger partial charge in [-0.25, -0.2) is 0 Å². The Bertz CT molecular complexity index is 847. The Hall–Kier alpha value is -3.04. The predicted molar refractivity (Wildman–Crippen MR) is 94.3 cm³/mol. The molecule has 24 heavy (non-hydrogen) atoms. The van der Waals surface area contributed by atoms with Crippen molar-refractivity contribution in [3.63, 3.8) is 0 Å². The van der Waals surface area contributed by atoms with Crippen molar-refractivity contribution in [2.45, 2.75) is 26.4 Å². The Morgan fingerprint density at radius 1 is 1.04 bits per heavy atom. The van der Waals surface area contributed by atoms with E-state index < -0.39 is 0 Å². The lowest BCUT2D eigenvalue weighted by Gasteiger charge is -2.24. The zero-order chi connectivity index (χ0) is 17.0. The predicted octanol–water partition coefficient (Wildman–Crippen LogP) is 4.13. The highest BCUT2D eigenvalue weighted by Crippen LogP contribution is 2.36. The van der Waals surface area contributed by atoms with Gasteiger partial charge in [-0.1, -0.05) is 61.2 Å². The lowest BCUT2D eigenvalue weighted by atomic mass is 9.78. The second-order valence-electron chi connectivity index (χ2n) is 6.32. The zero-order valence-corrected chi connectivity index (χ0v) is 13.8. The Balaban J connectivity index is 1.70. The first kappa shape index (κ1) is 15.8. The SMILES string of the molecule is CC1(C)C(c2ccccc2)=NOC1CC#Cc1ccc(C#N)cc1. The standard InChI is InChI=1S/C21H18N2O/c1-21(2)19(24-23-20(21)18-8-4-3-5-9-18)10-6-7-16-11-13-17(15-22)14-12-16/h3-5,8-9,11-14,19H,10H2,1-2H3. The molecular formula is C21H18N2O. The number of nitrogens with zero attached hydrogens (tertiary/aromatic N) is 2. The van der Waals surface area contributed by atoms with Gasteiger partial charge in [0.25, 0.3) is 0 Å². The normalized spacial score (nSPS) is 17.9. The fraction of sp³-hybridized carbons (Fsp3) is 0.238. The monoisotopic (exact) mass is 314 g/mol. The highest BCUT2D eigenvalue weighted by atomic mass is 16.6. The van der Waals surface area contributed by atoms with E-state index in [1.165, 1.54) is 0 Å². The highest BCUT2D eigenvalue weighted by molar-refractivity contribution is 6.05. The molecule has 1 aliphatic rings. The molecule has 0 N–H and O–H groups in total. The van der Waals surface area contributed by atoms with Gasteiger partial charge in [-0.3, -0.25) is 0 Å². The Morgan fingerprint density at radius 2 is 1.71 bits per heavy atom. The maximum absolute atomic E-state index is 8.81. The van der Waals surface area contributed by atoms with Crippen molar-refractivity contribution in [2.75, 3.05) is 0 Å². The van der Waals surface area contributed by atoms with Crippen LogP contribution in [0.3, 0.4) is 0 Å². The molecule has 2 aromatic carbocycles. The van der Waals surface area contributed by atoms with Gasteiger partial charge in [0.1, 0.15) is 6.10 Å². The smallest absolute Gasteiger partial charge is 0.149 e. The summed E-state index contributed by atoms with van der Waals surface area (Å²) in [6, 6.07) is 19.5. The van der Waals surface area contributed by atoms with Crippen LogP contribution in [0.5, 0.6) is 0 Å². The van der Waals surface area contributed by atoms with Gasteiger partial charge in [0.05, 0.1) is 29.2 Å². The van der Waals surface area contributed by atoms with E-state index in [0.29, 0.717) is 12.0 Å². The lowest BCUT2D eigenvalue weighted by Crippen LogP contribution is -2.33. The minimum Gasteiger partial charge on any atom is -0.390 e. The van der Waals surface area contributed by atoms with E-state index in [-0.39, 0.29) is 11.5 Å². The minimum absolute atomic E-state index is 0.0708. The van der Waals surface area contributed by atoms with Crippen LogP contribution in [-0.2, 0) is 4.84 Å². The molecule has 0 saturated carbocycles. The molecule has 1 atom stereocenters. The first-order valence-corrected chi connectivity index (χ1v) is 7.90. The summed E-state index contributed by atoms with van der Waals surface area (Å²) in [6.45, 7) is 4.28. The van der Waals surface area contributed by atoms with Crippen molar-refractivity contribution >= 4 is 5.71 Å². The molecule has 0 aliphatic carbocycles. The molecule has 0 bridgehead atoms. The molecular weight excluding hydrogens is 296 g/mol. The second-order valence-corrected chi connectivity index (χ2v) is 6.32. The Kier molecular flexibility index (Phi) is 4.36.